The standard InChI is InChI=1S/C42H52Cl2N4O7/c1-5-55-39(50)29-10-9-19-47(27-29)40(51)45-42(31-11-7-6-8-12-31)17-21-46(22-18-42)20-15-41(32-13-14-33(43)34(44)26-32)16-23-48(28-41)38(49)30-24-35(52-2)37(54-4)36(25-30)53-3/h6-8,11-14,24-26,29H,5,9-10,15-23,27-28H2,1-4H3,(H,45,51). The van der Waals surface area contributed by atoms with Gasteiger partial charge in [0.15, 0.2) is 11.5 Å². The number of esters is 1. The monoisotopic (exact) mass is 794 g/mol. The third-order valence-corrected chi connectivity index (χ3v) is 12.4. The van der Waals surface area contributed by atoms with Crippen LogP contribution in [0.5, 0.6) is 17.2 Å². The molecule has 11 nitrogen and oxygen atoms in total. The van der Waals surface area contributed by atoms with Gasteiger partial charge in [-0.1, -0.05) is 59.6 Å². The molecule has 0 aromatic heterocycles. The van der Waals surface area contributed by atoms with E-state index in [1.54, 1.807) is 24.0 Å². The van der Waals surface area contributed by atoms with Crippen molar-refractivity contribution >= 4 is 41.1 Å². The number of rotatable bonds is 12. The highest BCUT2D eigenvalue weighted by atomic mass is 35.5. The van der Waals surface area contributed by atoms with Crippen molar-refractivity contribution in [3.63, 3.8) is 0 Å². The van der Waals surface area contributed by atoms with Gasteiger partial charge in [-0.15, -0.1) is 0 Å². The number of methoxy groups -OCH3 is 3. The second kappa shape index (κ2) is 17.7. The number of likely N-dealkylation sites (tertiary alicyclic amines) is 3. The fraction of sp³-hybridized carbons (Fsp3) is 0.500. The lowest BCUT2D eigenvalue weighted by Crippen LogP contribution is -2.57. The summed E-state index contributed by atoms with van der Waals surface area (Å²) >= 11 is 13.0. The molecule has 2 atom stereocenters. The van der Waals surface area contributed by atoms with Crippen LogP contribution >= 0.6 is 23.2 Å². The molecule has 3 aromatic rings. The molecule has 2 unspecified atom stereocenters. The molecule has 0 radical (unpaired) electrons. The number of amides is 3. The van der Waals surface area contributed by atoms with Gasteiger partial charge in [0.05, 0.1) is 49.4 Å². The number of nitrogens with zero attached hydrogens (tertiary/aromatic N) is 3. The Labute approximate surface area is 334 Å². The Morgan fingerprint density at radius 2 is 1.53 bits per heavy atom. The first-order chi connectivity index (χ1) is 26.5. The summed E-state index contributed by atoms with van der Waals surface area (Å²) in [5.74, 6) is 0.611. The summed E-state index contributed by atoms with van der Waals surface area (Å²) in [7, 11) is 4.60. The quantitative estimate of drug-likeness (QED) is 0.192. The molecule has 3 aliphatic rings. The Morgan fingerprint density at radius 1 is 0.818 bits per heavy atom. The van der Waals surface area contributed by atoms with E-state index >= 15 is 0 Å². The summed E-state index contributed by atoms with van der Waals surface area (Å²) in [5, 5.41) is 4.41. The minimum absolute atomic E-state index is 0.121. The lowest BCUT2D eigenvalue weighted by Gasteiger charge is -2.45. The average molecular weight is 796 g/mol. The van der Waals surface area contributed by atoms with Gasteiger partial charge in [-0.25, -0.2) is 4.79 Å². The number of nitrogens with one attached hydrogen (secondary N) is 1. The molecular formula is C42H52Cl2N4O7. The molecule has 296 valence electrons. The van der Waals surface area contributed by atoms with E-state index in [9.17, 15) is 14.4 Å². The number of piperidine rings is 2. The van der Waals surface area contributed by atoms with Crippen molar-refractivity contribution in [3.8, 4) is 17.2 Å². The molecule has 3 heterocycles. The van der Waals surface area contributed by atoms with E-state index in [4.69, 9.17) is 42.1 Å². The molecule has 3 aromatic carbocycles. The van der Waals surface area contributed by atoms with E-state index in [0.29, 0.717) is 65.6 Å². The van der Waals surface area contributed by atoms with E-state index in [2.05, 4.69) is 22.3 Å². The number of carbonyl (C=O) groups is 3. The molecule has 0 spiro atoms. The summed E-state index contributed by atoms with van der Waals surface area (Å²) in [6.45, 7) is 6.49. The maximum absolute atomic E-state index is 14.1. The molecule has 6 rings (SSSR count). The third-order valence-electron chi connectivity index (χ3n) is 11.7. The summed E-state index contributed by atoms with van der Waals surface area (Å²) in [5.41, 5.74) is 1.66. The molecule has 0 saturated carbocycles. The van der Waals surface area contributed by atoms with E-state index in [0.717, 1.165) is 69.3 Å². The Balaban J connectivity index is 1.18. The van der Waals surface area contributed by atoms with Crippen LogP contribution in [0.1, 0.15) is 66.9 Å². The van der Waals surface area contributed by atoms with Crippen molar-refractivity contribution in [1.82, 2.24) is 20.0 Å². The maximum Gasteiger partial charge on any atom is 0.318 e. The van der Waals surface area contributed by atoms with Crippen LogP contribution in [-0.2, 0) is 20.5 Å². The zero-order valence-corrected chi connectivity index (χ0v) is 33.7. The second-order valence-electron chi connectivity index (χ2n) is 14.8. The van der Waals surface area contributed by atoms with Gasteiger partial charge in [0.2, 0.25) is 5.75 Å². The summed E-state index contributed by atoms with van der Waals surface area (Å²) in [4.78, 5) is 46.6. The largest absolute Gasteiger partial charge is 0.493 e. The number of hydrogen-bond acceptors (Lipinski definition) is 8. The summed E-state index contributed by atoms with van der Waals surface area (Å²) in [6, 6.07) is 19.2. The van der Waals surface area contributed by atoms with E-state index in [1.165, 1.54) is 21.3 Å². The van der Waals surface area contributed by atoms with Crippen molar-refractivity contribution in [2.75, 3.05) is 73.7 Å². The van der Waals surface area contributed by atoms with Crippen LogP contribution < -0.4 is 19.5 Å². The minimum atomic E-state index is -0.551. The normalized spacial score (nSPS) is 21.2. The van der Waals surface area contributed by atoms with Gasteiger partial charge in [0.25, 0.3) is 5.91 Å². The van der Waals surface area contributed by atoms with Crippen LogP contribution in [0.25, 0.3) is 0 Å². The molecule has 3 amide bonds. The number of halogens is 2. The van der Waals surface area contributed by atoms with Gasteiger partial charge in [0.1, 0.15) is 0 Å². The van der Waals surface area contributed by atoms with E-state index in [-0.39, 0.29) is 29.2 Å². The number of urea groups is 1. The van der Waals surface area contributed by atoms with Crippen molar-refractivity contribution in [2.45, 2.75) is 56.4 Å². The van der Waals surface area contributed by atoms with Crippen molar-refractivity contribution in [2.24, 2.45) is 5.92 Å². The lowest BCUT2D eigenvalue weighted by atomic mass is 9.76. The molecule has 13 heteroatoms. The maximum atomic E-state index is 14.1. The van der Waals surface area contributed by atoms with E-state index < -0.39 is 5.54 Å². The molecule has 3 saturated heterocycles. The SMILES string of the molecule is CCOC(=O)C1CCCN(C(=O)NC2(c3ccccc3)CCN(CCC3(c4ccc(Cl)c(Cl)c4)CCN(C(=O)c4cc(OC)c(OC)c(OC)c4)C3)CC2)C1. The smallest absolute Gasteiger partial charge is 0.318 e. The molecular weight excluding hydrogens is 743 g/mol. The second-order valence-corrected chi connectivity index (χ2v) is 15.6. The first kappa shape index (κ1) is 40.5. The lowest BCUT2D eigenvalue weighted by molar-refractivity contribution is -0.149. The first-order valence-corrected chi connectivity index (χ1v) is 19.9. The van der Waals surface area contributed by atoms with Crippen LogP contribution in [0.2, 0.25) is 10.0 Å². The Morgan fingerprint density at radius 3 is 2.16 bits per heavy atom. The van der Waals surface area contributed by atoms with Gasteiger partial charge in [-0.2, -0.15) is 0 Å². The molecule has 3 fully saturated rings. The van der Waals surface area contributed by atoms with Crippen molar-refractivity contribution < 1.29 is 33.3 Å². The molecule has 55 heavy (non-hydrogen) atoms. The van der Waals surface area contributed by atoms with Crippen LogP contribution in [-0.4, -0.2) is 106 Å². The predicted molar refractivity (Wildman–Crippen MR) is 213 cm³/mol. The zero-order valence-electron chi connectivity index (χ0n) is 32.2. The molecule has 0 bridgehead atoms. The van der Waals surface area contributed by atoms with Crippen LogP contribution in [0.3, 0.4) is 0 Å². The fourth-order valence-corrected chi connectivity index (χ4v) is 8.81. The van der Waals surface area contributed by atoms with Gasteiger partial charge < -0.3 is 39.0 Å². The number of hydrogen-bond donors (Lipinski definition) is 1. The van der Waals surface area contributed by atoms with Crippen LogP contribution in [0, 0.1) is 5.92 Å². The van der Waals surface area contributed by atoms with Crippen molar-refractivity contribution in [3.05, 3.63) is 87.4 Å². The van der Waals surface area contributed by atoms with Crippen LogP contribution in [0.15, 0.2) is 60.7 Å². The highest BCUT2D eigenvalue weighted by molar-refractivity contribution is 6.42. The Kier molecular flexibility index (Phi) is 13.0. The molecule has 1 N–H and O–H groups in total. The van der Waals surface area contributed by atoms with Gasteiger partial charge >= 0.3 is 12.0 Å². The topological polar surface area (TPSA) is 110 Å². The summed E-state index contributed by atoms with van der Waals surface area (Å²) in [6.07, 6.45) is 4.48. The van der Waals surface area contributed by atoms with Gasteiger partial charge in [0, 0.05) is 50.2 Å². The zero-order chi connectivity index (χ0) is 39.2. The van der Waals surface area contributed by atoms with Gasteiger partial charge in [-0.3, -0.25) is 9.59 Å². The minimum Gasteiger partial charge on any atom is -0.493 e. The Hall–Kier alpha value is -4.19. The number of ether oxygens (including phenoxy) is 4. The first-order valence-electron chi connectivity index (χ1n) is 19.1. The number of benzene rings is 3. The van der Waals surface area contributed by atoms with Crippen molar-refractivity contribution in [1.29, 1.82) is 0 Å². The van der Waals surface area contributed by atoms with Gasteiger partial charge in [-0.05, 0) is 87.4 Å². The number of carbonyl (C=O) groups excluding carboxylic acids is 3. The van der Waals surface area contributed by atoms with Crippen LogP contribution in [0.4, 0.5) is 4.79 Å². The Bertz CT molecular complexity index is 1810. The predicted octanol–water partition coefficient (Wildman–Crippen LogP) is 7.17. The molecule has 3 aliphatic heterocycles. The average Bonchev–Trinajstić information content (AvgIpc) is 3.66. The highest BCUT2D eigenvalue weighted by Gasteiger charge is 2.44. The summed E-state index contributed by atoms with van der Waals surface area (Å²) < 4.78 is 21.8. The fourth-order valence-electron chi connectivity index (χ4n) is 8.51. The third kappa shape index (κ3) is 8.79. The van der Waals surface area contributed by atoms with E-state index in [1.807, 2.05) is 41.3 Å². The highest BCUT2D eigenvalue weighted by Crippen LogP contribution is 2.43. The molecule has 0 aliphatic carbocycles.